The van der Waals surface area contributed by atoms with Crippen molar-refractivity contribution in [3.05, 3.63) is 105 Å². The van der Waals surface area contributed by atoms with E-state index in [9.17, 15) is 19.5 Å². The van der Waals surface area contributed by atoms with Gasteiger partial charge in [0.2, 0.25) is 0 Å². The number of thioether (sulfide) groups is 1. The predicted molar refractivity (Wildman–Crippen MR) is 160 cm³/mol. The molecule has 3 aromatic carbocycles. The van der Waals surface area contributed by atoms with E-state index in [4.69, 9.17) is 4.74 Å². The van der Waals surface area contributed by atoms with E-state index in [0.29, 0.717) is 27.6 Å². The average molecular weight is 586 g/mol. The van der Waals surface area contributed by atoms with E-state index in [2.05, 4.69) is 20.8 Å². The maximum atomic E-state index is 13.4. The van der Waals surface area contributed by atoms with E-state index in [1.165, 1.54) is 17.0 Å². The number of amides is 3. The number of anilines is 2. The van der Waals surface area contributed by atoms with Crippen LogP contribution in [0.2, 0.25) is 0 Å². The number of para-hydroxylation sites is 1. The van der Waals surface area contributed by atoms with Crippen LogP contribution in [-0.2, 0) is 4.79 Å². The maximum absolute atomic E-state index is 13.4. The van der Waals surface area contributed by atoms with Crippen molar-refractivity contribution < 1.29 is 24.2 Å². The number of hydrogen-bond acceptors (Lipinski definition) is 9. The van der Waals surface area contributed by atoms with Crippen molar-refractivity contribution in [3.8, 4) is 11.5 Å². The minimum atomic E-state index is -0.533. The Balaban J connectivity index is 1.34. The highest BCUT2D eigenvalue weighted by Crippen LogP contribution is 2.36. The Morgan fingerprint density at radius 3 is 2.39 bits per heavy atom. The Labute approximate surface area is 243 Å². The zero-order valence-corrected chi connectivity index (χ0v) is 23.5. The minimum absolute atomic E-state index is 0.121. The number of hydrogen-bond donors (Lipinski definition) is 3. The molecule has 41 heavy (non-hydrogen) atoms. The number of amidine groups is 1. The van der Waals surface area contributed by atoms with Gasteiger partial charge in [0.15, 0.2) is 10.3 Å². The number of aromatic hydroxyl groups is 1. The summed E-state index contributed by atoms with van der Waals surface area (Å²) in [5, 5.41) is 17.1. The van der Waals surface area contributed by atoms with Gasteiger partial charge in [0.1, 0.15) is 16.4 Å². The van der Waals surface area contributed by atoms with Crippen molar-refractivity contribution in [2.24, 2.45) is 5.10 Å². The molecule has 3 amide bonds. The zero-order valence-electron chi connectivity index (χ0n) is 21.8. The third-order valence-corrected chi connectivity index (χ3v) is 7.88. The molecular formula is C29H23N5O5S2. The fraction of sp³-hybridized carbons (Fsp3) is 0.0690. The zero-order chi connectivity index (χ0) is 28.9. The number of methoxy groups -OCH3 is 1. The van der Waals surface area contributed by atoms with E-state index in [1.54, 1.807) is 80.8 Å². The molecule has 1 saturated heterocycles. The first-order chi connectivity index (χ1) is 19.8. The average Bonchev–Trinajstić information content (AvgIpc) is 3.51. The molecule has 5 rings (SSSR count). The molecule has 0 bridgehead atoms. The molecule has 12 heteroatoms. The number of nitrogens with one attached hydrogen (secondary N) is 2. The molecule has 1 fully saturated rings. The van der Waals surface area contributed by atoms with Gasteiger partial charge < -0.3 is 9.84 Å². The van der Waals surface area contributed by atoms with E-state index in [0.717, 1.165) is 28.7 Å². The van der Waals surface area contributed by atoms with E-state index in [1.807, 2.05) is 6.07 Å². The lowest BCUT2D eigenvalue weighted by atomic mass is 10.2. The highest BCUT2D eigenvalue weighted by Gasteiger charge is 2.35. The molecule has 0 aliphatic carbocycles. The first-order valence-corrected chi connectivity index (χ1v) is 13.8. The number of phenolic OH excluding ortho intramolecular Hbond substituents is 1. The summed E-state index contributed by atoms with van der Waals surface area (Å²) in [4.78, 5) is 45.4. The summed E-state index contributed by atoms with van der Waals surface area (Å²) < 4.78 is 5.11. The monoisotopic (exact) mass is 585 g/mol. The molecule has 1 aliphatic rings. The third-order valence-electron chi connectivity index (χ3n) is 5.84. The third kappa shape index (κ3) is 6.29. The van der Waals surface area contributed by atoms with Gasteiger partial charge in [-0.2, -0.15) is 0 Å². The molecule has 4 aromatic rings. The van der Waals surface area contributed by atoms with Crippen molar-refractivity contribution in [1.82, 2.24) is 10.4 Å². The first kappa shape index (κ1) is 27.6. The summed E-state index contributed by atoms with van der Waals surface area (Å²) in [5.41, 5.74) is 4.66. The highest BCUT2D eigenvalue weighted by atomic mass is 32.2. The second-order valence-corrected chi connectivity index (χ2v) is 10.6. The number of ether oxygens (including phenoxy) is 1. The number of rotatable bonds is 7. The molecule has 2 heterocycles. The summed E-state index contributed by atoms with van der Waals surface area (Å²) in [6.07, 6.45) is 1.69. The van der Waals surface area contributed by atoms with Gasteiger partial charge in [0, 0.05) is 5.56 Å². The van der Waals surface area contributed by atoms with Crippen molar-refractivity contribution in [2.75, 3.05) is 17.3 Å². The maximum Gasteiger partial charge on any atom is 0.283 e. The molecule has 0 radical (unpaired) electrons. The van der Waals surface area contributed by atoms with Crippen molar-refractivity contribution >= 4 is 62.9 Å². The number of nitrogens with zero attached hydrogens (tertiary/aromatic N) is 3. The van der Waals surface area contributed by atoms with Crippen LogP contribution < -0.4 is 20.4 Å². The van der Waals surface area contributed by atoms with Crippen LogP contribution in [0.5, 0.6) is 11.5 Å². The van der Waals surface area contributed by atoms with Gasteiger partial charge in [-0.25, -0.2) is 10.4 Å². The molecule has 10 nitrogen and oxygen atoms in total. The van der Waals surface area contributed by atoms with Gasteiger partial charge in [-0.15, -0.1) is 5.10 Å². The Bertz CT molecular complexity index is 1670. The van der Waals surface area contributed by atoms with Crippen molar-refractivity contribution in [1.29, 1.82) is 0 Å². The number of carbonyl (C=O) groups excluding carboxylic acids is 3. The van der Waals surface area contributed by atoms with Crippen molar-refractivity contribution in [3.63, 3.8) is 0 Å². The van der Waals surface area contributed by atoms with Crippen LogP contribution in [0.15, 0.2) is 88.9 Å². The number of hydrazone groups is 1. The first-order valence-electron chi connectivity index (χ1n) is 12.2. The van der Waals surface area contributed by atoms with Crippen LogP contribution in [0, 0.1) is 6.92 Å². The van der Waals surface area contributed by atoms with E-state index < -0.39 is 5.91 Å². The molecule has 3 N–H and O–H groups in total. The SMILES string of the molecule is COc1ccc(C(=O)Nc2nc(C)c(C(=O)N/N=C3\S/C(=C\c4ccc(O)cc4)C(=O)N3c3ccccc3)s2)cc1. The second kappa shape index (κ2) is 12.1. The lowest BCUT2D eigenvalue weighted by Crippen LogP contribution is -2.31. The summed E-state index contributed by atoms with van der Waals surface area (Å²) in [6, 6.07) is 22.0. The number of phenols is 1. The number of aromatic nitrogens is 1. The van der Waals surface area contributed by atoms with Crippen LogP contribution in [0.3, 0.4) is 0 Å². The van der Waals surface area contributed by atoms with Crippen LogP contribution >= 0.6 is 23.1 Å². The van der Waals surface area contributed by atoms with Crippen LogP contribution in [-0.4, -0.2) is 40.1 Å². The highest BCUT2D eigenvalue weighted by molar-refractivity contribution is 8.19. The second-order valence-electron chi connectivity index (χ2n) is 8.63. The largest absolute Gasteiger partial charge is 0.508 e. The van der Waals surface area contributed by atoms with Gasteiger partial charge in [-0.05, 0) is 78.9 Å². The molecule has 0 saturated carbocycles. The molecule has 1 aromatic heterocycles. The predicted octanol–water partition coefficient (Wildman–Crippen LogP) is 5.24. The summed E-state index contributed by atoms with van der Waals surface area (Å²) in [6.45, 7) is 1.66. The van der Waals surface area contributed by atoms with Crippen LogP contribution in [0.4, 0.5) is 10.8 Å². The van der Waals surface area contributed by atoms with Crippen LogP contribution in [0.1, 0.15) is 31.3 Å². The molecular weight excluding hydrogens is 562 g/mol. The van der Waals surface area contributed by atoms with Crippen molar-refractivity contribution in [2.45, 2.75) is 6.92 Å². The standard InChI is InChI=1S/C29H23N5O5S2/c1-17-24(41-28(30-17)31-25(36)19-10-14-22(39-2)15-11-19)26(37)32-33-29-34(20-6-4-3-5-7-20)27(38)23(40-29)16-18-8-12-21(35)13-9-18/h3-16,35H,1-2H3,(H,32,37)(H,30,31,36)/b23-16-,33-29-. The fourth-order valence-electron chi connectivity index (χ4n) is 3.80. The molecule has 0 atom stereocenters. The molecule has 0 spiro atoms. The fourth-order valence-corrected chi connectivity index (χ4v) is 5.59. The Kier molecular flexibility index (Phi) is 8.13. The summed E-state index contributed by atoms with van der Waals surface area (Å²) in [5.74, 6) is -0.464. The quantitative estimate of drug-likeness (QED) is 0.200. The number of benzene rings is 3. The van der Waals surface area contributed by atoms with Gasteiger partial charge in [-0.1, -0.05) is 41.7 Å². The number of carbonyl (C=O) groups is 3. The smallest absolute Gasteiger partial charge is 0.283 e. The summed E-state index contributed by atoms with van der Waals surface area (Å²) >= 11 is 2.12. The summed E-state index contributed by atoms with van der Waals surface area (Å²) in [7, 11) is 1.54. The molecule has 206 valence electrons. The number of aryl methyl sites for hydroxylation is 1. The van der Waals surface area contributed by atoms with Gasteiger partial charge in [0.05, 0.1) is 23.4 Å². The topological polar surface area (TPSA) is 133 Å². The van der Waals surface area contributed by atoms with Gasteiger partial charge >= 0.3 is 0 Å². The number of thiazole rings is 1. The van der Waals surface area contributed by atoms with Gasteiger partial charge in [-0.3, -0.25) is 24.6 Å². The lowest BCUT2D eigenvalue weighted by molar-refractivity contribution is -0.113. The minimum Gasteiger partial charge on any atom is -0.508 e. The Morgan fingerprint density at radius 1 is 1.00 bits per heavy atom. The molecule has 1 aliphatic heterocycles. The Hall–Kier alpha value is -4.94. The molecule has 0 unspecified atom stereocenters. The normalized spacial score (nSPS) is 14.9. The Morgan fingerprint density at radius 2 is 1.71 bits per heavy atom. The van der Waals surface area contributed by atoms with Crippen LogP contribution in [0.25, 0.3) is 6.08 Å². The van der Waals surface area contributed by atoms with E-state index in [-0.39, 0.29) is 32.7 Å². The lowest BCUT2D eigenvalue weighted by Gasteiger charge is -2.15. The van der Waals surface area contributed by atoms with E-state index >= 15 is 0 Å². The van der Waals surface area contributed by atoms with Gasteiger partial charge in [0.25, 0.3) is 17.7 Å².